The molecule has 2 aromatic carbocycles. The quantitative estimate of drug-likeness (QED) is 0.540. The van der Waals surface area contributed by atoms with Crippen molar-refractivity contribution in [1.82, 2.24) is 4.90 Å². The maximum Gasteiger partial charge on any atom is 0.338 e. The van der Waals surface area contributed by atoms with E-state index >= 15 is 0 Å². The summed E-state index contributed by atoms with van der Waals surface area (Å²) in [6.45, 7) is 1.85. The summed E-state index contributed by atoms with van der Waals surface area (Å²) in [7, 11) is 3.82. The zero-order valence-electron chi connectivity index (χ0n) is 17.1. The summed E-state index contributed by atoms with van der Waals surface area (Å²) < 4.78 is 17.8. The smallest absolute Gasteiger partial charge is 0.338 e. The van der Waals surface area contributed by atoms with Crippen LogP contribution in [0.2, 0.25) is 5.02 Å². The third kappa shape index (κ3) is 3.08. The highest BCUT2D eigenvalue weighted by atomic mass is 35.5. The van der Waals surface area contributed by atoms with Crippen molar-refractivity contribution >= 4 is 17.6 Å². The van der Waals surface area contributed by atoms with Crippen LogP contribution in [-0.4, -0.2) is 43.8 Å². The molecule has 0 saturated carbocycles. The Bertz CT molecular complexity index is 1040. The molecule has 0 aromatic heterocycles. The Morgan fingerprint density at radius 1 is 1.30 bits per heavy atom. The van der Waals surface area contributed by atoms with Crippen LogP contribution in [0, 0.1) is 0 Å². The van der Waals surface area contributed by atoms with Gasteiger partial charge in [-0.05, 0) is 55.9 Å². The number of esters is 1. The molecule has 30 heavy (non-hydrogen) atoms. The van der Waals surface area contributed by atoms with E-state index in [9.17, 15) is 4.79 Å². The minimum Gasteiger partial charge on any atom is -0.493 e. The van der Waals surface area contributed by atoms with E-state index in [0.717, 1.165) is 31.0 Å². The van der Waals surface area contributed by atoms with E-state index in [1.807, 2.05) is 12.1 Å². The molecule has 6 heteroatoms. The van der Waals surface area contributed by atoms with E-state index in [-0.39, 0.29) is 23.6 Å². The average Bonchev–Trinajstić information content (AvgIpc) is 2.99. The summed E-state index contributed by atoms with van der Waals surface area (Å²) in [5.74, 6) is 1.21. The molecular weight excluding hydrogens is 402 g/mol. The van der Waals surface area contributed by atoms with Crippen molar-refractivity contribution in [3.63, 3.8) is 0 Å². The third-order valence-electron chi connectivity index (χ3n) is 6.45. The van der Waals surface area contributed by atoms with Crippen LogP contribution in [0.5, 0.6) is 11.5 Å². The number of carbonyl (C=O) groups is 1. The van der Waals surface area contributed by atoms with Gasteiger partial charge in [-0.1, -0.05) is 29.8 Å². The Morgan fingerprint density at radius 2 is 2.17 bits per heavy atom. The number of benzene rings is 2. The van der Waals surface area contributed by atoms with Gasteiger partial charge in [-0.25, -0.2) is 4.79 Å². The van der Waals surface area contributed by atoms with Gasteiger partial charge in [0.15, 0.2) is 11.5 Å². The minimum atomic E-state index is -0.377. The van der Waals surface area contributed by atoms with Crippen LogP contribution < -0.4 is 9.47 Å². The van der Waals surface area contributed by atoms with Crippen molar-refractivity contribution in [3.05, 3.63) is 70.3 Å². The van der Waals surface area contributed by atoms with Crippen molar-refractivity contribution in [2.24, 2.45) is 0 Å². The van der Waals surface area contributed by atoms with Crippen LogP contribution in [0.25, 0.3) is 0 Å². The normalized spacial score (nSPS) is 26.9. The summed E-state index contributed by atoms with van der Waals surface area (Å²) in [5, 5.41) is 0.513. The van der Waals surface area contributed by atoms with E-state index in [4.69, 9.17) is 25.8 Å². The van der Waals surface area contributed by atoms with Crippen LogP contribution in [0.4, 0.5) is 0 Å². The van der Waals surface area contributed by atoms with Crippen molar-refractivity contribution in [2.45, 2.75) is 37.0 Å². The Morgan fingerprint density at radius 3 is 2.97 bits per heavy atom. The number of rotatable bonds is 3. The largest absolute Gasteiger partial charge is 0.493 e. The second-order valence-corrected chi connectivity index (χ2v) is 8.75. The summed E-state index contributed by atoms with van der Waals surface area (Å²) in [6, 6.07) is 10.9. The molecule has 2 aliphatic heterocycles. The fourth-order valence-electron chi connectivity index (χ4n) is 4.97. The van der Waals surface area contributed by atoms with Gasteiger partial charge in [0.1, 0.15) is 12.2 Å². The molecule has 156 valence electrons. The van der Waals surface area contributed by atoms with E-state index in [1.54, 1.807) is 31.4 Å². The first-order chi connectivity index (χ1) is 14.5. The molecule has 2 heterocycles. The maximum absolute atomic E-state index is 12.6. The highest BCUT2D eigenvalue weighted by Crippen LogP contribution is 2.55. The molecule has 1 unspecified atom stereocenters. The van der Waals surface area contributed by atoms with E-state index in [1.165, 1.54) is 11.1 Å². The molecule has 0 bridgehead atoms. The van der Waals surface area contributed by atoms with Gasteiger partial charge >= 0.3 is 5.97 Å². The molecule has 2 aromatic rings. The summed E-state index contributed by atoms with van der Waals surface area (Å²) in [4.78, 5) is 14.9. The fourth-order valence-corrected chi connectivity index (χ4v) is 5.16. The van der Waals surface area contributed by atoms with Gasteiger partial charge in [-0.3, -0.25) is 0 Å². The second kappa shape index (κ2) is 7.33. The average molecular weight is 426 g/mol. The molecule has 0 radical (unpaired) electrons. The molecule has 0 N–H and O–H groups in total. The van der Waals surface area contributed by atoms with Gasteiger partial charge in [-0.15, -0.1) is 0 Å². The summed E-state index contributed by atoms with van der Waals surface area (Å²) >= 11 is 6.01. The number of halogens is 1. The van der Waals surface area contributed by atoms with Crippen molar-refractivity contribution in [2.75, 3.05) is 20.7 Å². The van der Waals surface area contributed by atoms with Gasteiger partial charge in [-0.2, -0.15) is 0 Å². The number of ether oxygens (including phenoxy) is 3. The topological polar surface area (TPSA) is 48.0 Å². The molecule has 5 nitrogen and oxygen atoms in total. The summed E-state index contributed by atoms with van der Waals surface area (Å²) in [6.07, 6.45) is 5.32. The maximum atomic E-state index is 12.6. The Kier molecular flexibility index (Phi) is 4.75. The van der Waals surface area contributed by atoms with E-state index < -0.39 is 0 Å². The van der Waals surface area contributed by atoms with Gasteiger partial charge < -0.3 is 19.1 Å². The summed E-state index contributed by atoms with van der Waals surface area (Å²) in [5.41, 5.74) is 2.73. The van der Waals surface area contributed by atoms with Gasteiger partial charge in [0, 0.05) is 23.6 Å². The molecule has 3 atom stereocenters. The Hall–Kier alpha value is -2.50. The SMILES string of the molecule is COc1ccc2c3c1O[C@H]1CC(OC(=O)c4cccc(Cl)c4)C=C[C@@]31CCN(C)C2. The van der Waals surface area contributed by atoms with Gasteiger partial charge in [0.2, 0.25) is 0 Å². The highest BCUT2D eigenvalue weighted by Gasteiger charge is 2.53. The zero-order valence-corrected chi connectivity index (χ0v) is 17.8. The lowest BCUT2D eigenvalue weighted by atomic mass is 9.69. The molecule has 1 aliphatic carbocycles. The molecular formula is C24H24ClNO4. The second-order valence-electron chi connectivity index (χ2n) is 8.31. The standard InChI is InChI=1S/C24H24ClNO4/c1-26-11-10-24-9-8-18(29-23(27)15-4-3-5-17(25)12-15)13-20(24)30-22-19(28-2)7-6-16(14-26)21(22)24/h3-9,12,18,20H,10-11,13-14H2,1-2H3/t18?,20-,24-/m0/s1. The molecule has 3 aliphatic rings. The monoisotopic (exact) mass is 425 g/mol. The van der Waals surface area contributed by atoms with E-state index in [2.05, 4.69) is 24.1 Å². The predicted octanol–water partition coefficient (Wildman–Crippen LogP) is 4.37. The van der Waals surface area contributed by atoms with Crippen molar-refractivity contribution in [1.29, 1.82) is 0 Å². The number of carbonyl (C=O) groups excluding carboxylic acids is 1. The van der Waals surface area contributed by atoms with Crippen LogP contribution >= 0.6 is 11.6 Å². The van der Waals surface area contributed by atoms with Crippen LogP contribution in [0.1, 0.15) is 34.3 Å². The van der Waals surface area contributed by atoms with Crippen LogP contribution in [-0.2, 0) is 16.7 Å². The number of nitrogens with zero attached hydrogens (tertiary/aromatic N) is 1. The van der Waals surface area contributed by atoms with Gasteiger partial charge in [0.25, 0.3) is 0 Å². The molecule has 0 amide bonds. The number of methoxy groups -OCH3 is 1. The molecule has 0 saturated heterocycles. The lowest BCUT2D eigenvalue weighted by Crippen LogP contribution is -2.43. The molecule has 0 fully saturated rings. The van der Waals surface area contributed by atoms with E-state index in [0.29, 0.717) is 17.0 Å². The lowest BCUT2D eigenvalue weighted by Gasteiger charge is -2.36. The van der Waals surface area contributed by atoms with Crippen molar-refractivity contribution in [3.8, 4) is 11.5 Å². The first kappa shape index (κ1) is 19.5. The van der Waals surface area contributed by atoms with Crippen LogP contribution in [0.3, 0.4) is 0 Å². The Labute approximate surface area is 181 Å². The highest BCUT2D eigenvalue weighted by molar-refractivity contribution is 6.30. The number of hydrogen-bond acceptors (Lipinski definition) is 5. The predicted molar refractivity (Wildman–Crippen MR) is 114 cm³/mol. The first-order valence-corrected chi connectivity index (χ1v) is 10.6. The first-order valence-electron chi connectivity index (χ1n) is 10.2. The lowest BCUT2D eigenvalue weighted by molar-refractivity contribution is 0.0218. The minimum absolute atomic E-state index is 0.101. The van der Waals surface area contributed by atoms with Crippen molar-refractivity contribution < 1.29 is 19.0 Å². The molecule has 5 rings (SSSR count). The van der Waals surface area contributed by atoms with Crippen LogP contribution in [0.15, 0.2) is 48.6 Å². The molecule has 1 spiro atoms. The number of hydrogen-bond donors (Lipinski definition) is 0. The van der Waals surface area contributed by atoms with Gasteiger partial charge in [0.05, 0.1) is 18.1 Å². The zero-order chi connectivity index (χ0) is 20.9. The Balaban J connectivity index is 1.46. The fraction of sp³-hybridized carbons (Fsp3) is 0.375. The third-order valence-corrected chi connectivity index (χ3v) is 6.68.